The Bertz CT molecular complexity index is 1570. The molecule has 0 bridgehead atoms. The number of hydrogen-bond acceptors (Lipinski definition) is 9. The summed E-state index contributed by atoms with van der Waals surface area (Å²) in [6, 6.07) is 1.13. The van der Waals surface area contributed by atoms with Gasteiger partial charge in [-0.1, -0.05) is 90.4 Å². The molecule has 3 aromatic rings. The molecule has 0 aliphatic carbocycles. The summed E-state index contributed by atoms with van der Waals surface area (Å²) in [5.74, 6) is -0.196. The zero-order valence-corrected chi connectivity index (χ0v) is 32.5. The Hall–Kier alpha value is -3.00. The number of aromatic amines is 1. The second-order valence-corrected chi connectivity index (χ2v) is 15.3. The Labute approximate surface area is 308 Å². The highest BCUT2D eigenvalue weighted by Crippen LogP contribution is 2.49. The van der Waals surface area contributed by atoms with Gasteiger partial charge in [-0.3, -0.25) is 14.4 Å². The van der Waals surface area contributed by atoms with Crippen LogP contribution in [0.25, 0.3) is 22.2 Å². The quantitative estimate of drug-likeness (QED) is 0.0460. The zero-order valence-electron chi connectivity index (χ0n) is 31.6. The molecule has 1 aliphatic heterocycles. The number of rotatable bonds is 23. The molecule has 0 spiro atoms. The summed E-state index contributed by atoms with van der Waals surface area (Å²) >= 11 is 0. The molecule has 2 amide bonds. The molecule has 1 aromatic carbocycles. The van der Waals surface area contributed by atoms with Crippen molar-refractivity contribution < 1.29 is 32.4 Å². The van der Waals surface area contributed by atoms with Crippen molar-refractivity contribution in [3.05, 3.63) is 35.7 Å². The molecule has 13 nitrogen and oxygen atoms in total. The predicted molar refractivity (Wildman–Crippen MR) is 203 cm³/mol. The lowest BCUT2D eigenvalue weighted by molar-refractivity contribution is 0.0394. The molecule has 1 aliphatic rings. The number of fused-ring (bicyclic) bond motifs is 1. The summed E-state index contributed by atoms with van der Waals surface area (Å²) in [6.07, 6.45) is 20.9. The van der Waals surface area contributed by atoms with Gasteiger partial charge in [-0.05, 0) is 46.1 Å². The van der Waals surface area contributed by atoms with Gasteiger partial charge in [0, 0.05) is 42.2 Å². The molecule has 3 heterocycles. The summed E-state index contributed by atoms with van der Waals surface area (Å²) in [7, 11) is -4.40. The van der Waals surface area contributed by atoms with Crippen LogP contribution in [0.5, 0.6) is 0 Å². The first-order valence-electron chi connectivity index (χ1n) is 18.9. The van der Waals surface area contributed by atoms with Crippen LogP contribution in [0, 0.1) is 5.82 Å². The van der Waals surface area contributed by atoms with E-state index in [0.717, 1.165) is 25.7 Å². The van der Waals surface area contributed by atoms with E-state index in [1.165, 1.54) is 76.6 Å². The number of anilines is 1. The SMILES string of the molecule is CCCCCCCCCCCCCCCCOP(=O)(O)OC(C)(C)c1ncc(-c2cc3nc(NC(=O)NCC)[nH]c3c([C@H]3CCCO3)c2F)cn1.N. The number of nitrogens with zero attached hydrogens (tertiary/aromatic N) is 3. The van der Waals surface area contributed by atoms with Crippen molar-refractivity contribution in [3.8, 4) is 11.1 Å². The molecule has 15 heteroatoms. The predicted octanol–water partition coefficient (Wildman–Crippen LogP) is 10.2. The number of phosphoric acid groups is 1. The topological polar surface area (TPSA) is 196 Å². The molecular formula is C37H61FN7O6P. The molecule has 1 saturated heterocycles. The van der Waals surface area contributed by atoms with E-state index in [4.69, 9.17) is 13.8 Å². The van der Waals surface area contributed by atoms with Crippen molar-refractivity contribution in [3.63, 3.8) is 0 Å². The van der Waals surface area contributed by atoms with Crippen LogP contribution in [0.3, 0.4) is 0 Å². The number of ether oxygens (including phenoxy) is 1. The fraction of sp³-hybridized carbons (Fsp3) is 0.676. The van der Waals surface area contributed by atoms with Crippen LogP contribution in [0.15, 0.2) is 18.5 Å². The molecular weight excluding hydrogens is 688 g/mol. The maximum Gasteiger partial charge on any atom is 0.473 e. The fourth-order valence-corrected chi connectivity index (χ4v) is 7.52. The minimum atomic E-state index is -4.40. The maximum absolute atomic E-state index is 16.2. The number of hydrogen-bond donors (Lipinski definition) is 5. The molecule has 0 radical (unpaired) electrons. The number of urea groups is 1. The minimum Gasteiger partial charge on any atom is -0.373 e. The summed E-state index contributed by atoms with van der Waals surface area (Å²) in [6.45, 7) is 8.27. The minimum absolute atomic E-state index is 0. The van der Waals surface area contributed by atoms with E-state index in [-0.39, 0.29) is 30.1 Å². The normalized spacial score (nSPS) is 15.8. The highest BCUT2D eigenvalue weighted by atomic mass is 31.2. The lowest BCUT2D eigenvalue weighted by Gasteiger charge is -2.25. The molecule has 4 rings (SSSR count). The van der Waals surface area contributed by atoms with Crippen LogP contribution >= 0.6 is 7.82 Å². The van der Waals surface area contributed by atoms with Crippen molar-refractivity contribution in [2.75, 3.05) is 25.1 Å². The number of unbranched alkanes of at least 4 members (excludes halogenated alkanes) is 13. The molecule has 2 aromatic heterocycles. The van der Waals surface area contributed by atoms with Crippen LogP contribution < -0.4 is 16.8 Å². The first-order chi connectivity index (χ1) is 24.5. The van der Waals surface area contributed by atoms with Gasteiger partial charge in [-0.25, -0.2) is 28.7 Å². The van der Waals surface area contributed by atoms with Crippen LogP contribution in [0.4, 0.5) is 15.1 Å². The van der Waals surface area contributed by atoms with E-state index in [1.807, 2.05) is 0 Å². The molecule has 7 N–H and O–H groups in total. The van der Waals surface area contributed by atoms with E-state index in [1.54, 1.807) is 26.8 Å². The van der Waals surface area contributed by atoms with E-state index in [0.29, 0.717) is 48.2 Å². The van der Waals surface area contributed by atoms with Gasteiger partial charge < -0.3 is 26.1 Å². The van der Waals surface area contributed by atoms with Gasteiger partial charge >= 0.3 is 13.9 Å². The Kier molecular flexibility index (Phi) is 18.1. The number of carbonyl (C=O) groups is 1. The zero-order chi connectivity index (χ0) is 36.7. The summed E-state index contributed by atoms with van der Waals surface area (Å²) < 4.78 is 45.7. The molecule has 2 atom stereocenters. The van der Waals surface area contributed by atoms with E-state index < -0.39 is 31.4 Å². The first-order valence-corrected chi connectivity index (χ1v) is 20.4. The third kappa shape index (κ3) is 13.1. The number of carbonyl (C=O) groups excluding carboxylic acids is 1. The van der Waals surface area contributed by atoms with Crippen molar-refractivity contribution >= 4 is 30.8 Å². The number of aromatic nitrogens is 4. The fourth-order valence-electron chi connectivity index (χ4n) is 6.45. The number of amides is 2. The largest absolute Gasteiger partial charge is 0.473 e. The molecule has 1 unspecified atom stereocenters. The van der Waals surface area contributed by atoms with Crippen LogP contribution in [-0.4, -0.2) is 50.6 Å². The lowest BCUT2D eigenvalue weighted by Crippen LogP contribution is -2.28. The Morgan fingerprint density at radius 3 is 2.17 bits per heavy atom. The summed E-state index contributed by atoms with van der Waals surface area (Å²) in [4.78, 5) is 38.8. The lowest BCUT2D eigenvalue weighted by atomic mass is 9.98. The second kappa shape index (κ2) is 21.6. The van der Waals surface area contributed by atoms with Crippen molar-refractivity contribution in [1.82, 2.24) is 31.4 Å². The van der Waals surface area contributed by atoms with Crippen LogP contribution in [0.1, 0.15) is 148 Å². The van der Waals surface area contributed by atoms with Crippen molar-refractivity contribution in [2.24, 2.45) is 0 Å². The third-order valence-electron chi connectivity index (χ3n) is 9.17. The number of halogens is 1. The number of nitrogens with one attached hydrogen (secondary N) is 3. The third-order valence-corrected chi connectivity index (χ3v) is 10.4. The average molecular weight is 750 g/mol. The maximum atomic E-state index is 16.2. The van der Waals surface area contributed by atoms with Gasteiger partial charge in [0.25, 0.3) is 0 Å². The van der Waals surface area contributed by atoms with Gasteiger partial charge in [0.15, 0.2) is 5.82 Å². The van der Waals surface area contributed by atoms with E-state index in [2.05, 4.69) is 37.5 Å². The summed E-state index contributed by atoms with van der Waals surface area (Å²) in [5, 5.41) is 5.28. The van der Waals surface area contributed by atoms with Gasteiger partial charge in [0.1, 0.15) is 11.4 Å². The smallest absolute Gasteiger partial charge is 0.373 e. The standard InChI is InChI=1S/C37H58FN6O6P.H3N/c1-5-7-8-9-10-11-12-13-14-15-16-17-18-19-23-49-51(46,47)50-37(3,4)34-40-25-27(26-41-34)28-24-29-33(31(32(28)38)30-21-20-22-48-30)43-35(42-29)44-36(45)39-6-2;/h24-26,30H,5-23H2,1-4H3,(H,46,47)(H3,39,42,43,44,45);1H3/t30-;/m1./s1. The Morgan fingerprint density at radius 2 is 1.62 bits per heavy atom. The Balaban J connectivity index is 0.00000729. The number of phosphoric ester groups is 1. The summed E-state index contributed by atoms with van der Waals surface area (Å²) in [5.41, 5.74) is 0.407. The Morgan fingerprint density at radius 1 is 1.02 bits per heavy atom. The number of H-pyrrole nitrogens is 1. The average Bonchev–Trinajstić information content (AvgIpc) is 3.76. The first kappa shape index (κ1) is 43.4. The van der Waals surface area contributed by atoms with Gasteiger partial charge in [-0.2, -0.15) is 0 Å². The number of imidazole rings is 1. The van der Waals surface area contributed by atoms with E-state index >= 15 is 4.39 Å². The molecule has 1 fully saturated rings. The van der Waals surface area contributed by atoms with Crippen LogP contribution in [-0.2, 0) is 24.0 Å². The molecule has 292 valence electrons. The van der Waals surface area contributed by atoms with Crippen molar-refractivity contribution in [1.29, 1.82) is 0 Å². The van der Waals surface area contributed by atoms with Crippen LogP contribution in [0.2, 0.25) is 0 Å². The molecule has 52 heavy (non-hydrogen) atoms. The highest BCUT2D eigenvalue weighted by Gasteiger charge is 2.36. The highest BCUT2D eigenvalue weighted by molar-refractivity contribution is 7.47. The number of benzene rings is 1. The monoisotopic (exact) mass is 749 g/mol. The molecule has 0 saturated carbocycles. The van der Waals surface area contributed by atoms with Crippen molar-refractivity contribution in [2.45, 2.75) is 142 Å². The van der Waals surface area contributed by atoms with Gasteiger partial charge in [0.2, 0.25) is 5.95 Å². The van der Waals surface area contributed by atoms with E-state index in [9.17, 15) is 14.3 Å². The van der Waals surface area contributed by atoms with Gasteiger partial charge in [0.05, 0.1) is 23.7 Å². The second-order valence-electron chi connectivity index (χ2n) is 13.9. The van der Waals surface area contributed by atoms with Gasteiger partial charge in [-0.15, -0.1) is 0 Å².